The first-order valence-corrected chi connectivity index (χ1v) is 10.5. The molecule has 0 aromatic carbocycles. The Morgan fingerprint density at radius 1 is 0.931 bits per heavy atom. The quantitative estimate of drug-likeness (QED) is 0.312. The molecule has 0 amide bonds. The Balaban J connectivity index is 4.53. The van der Waals surface area contributed by atoms with Crippen molar-refractivity contribution in [3.63, 3.8) is 0 Å². The number of aliphatic hydroxyl groups excluding tert-OH is 1. The van der Waals surface area contributed by atoms with Crippen molar-refractivity contribution in [1.82, 2.24) is 0 Å². The van der Waals surface area contributed by atoms with Crippen LogP contribution in [-0.2, 0) is 19.1 Å². The van der Waals surface area contributed by atoms with E-state index in [0.29, 0.717) is 19.6 Å². The predicted molar refractivity (Wildman–Crippen MR) is 117 cm³/mol. The SMILES string of the molecule is CC(=O)OC/C=C(\C)CCC=C(CCC[C@H](C)[C@H](O)CC=C(C)C)COC(C)=O. The average Bonchev–Trinajstić information content (AvgIpc) is 2.62. The highest BCUT2D eigenvalue weighted by molar-refractivity contribution is 5.66. The number of hydrogen-bond acceptors (Lipinski definition) is 5. The van der Waals surface area contributed by atoms with Gasteiger partial charge in [0.25, 0.3) is 0 Å². The second-order valence-corrected chi connectivity index (χ2v) is 7.99. The summed E-state index contributed by atoms with van der Waals surface area (Å²) in [5, 5.41) is 10.2. The minimum atomic E-state index is -0.323. The Kier molecular flexibility index (Phi) is 14.9. The first-order valence-electron chi connectivity index (χ1n) is 10.5. The van der Waals surface area contributed by atoms with Gasteiger partial charge in [-0.3, -0.25) is 9.59 Å². The summed E-state index contributed by atoms with van der Waals surface area (Å²) in [5.41, 5.74) is 3.49. The molecule has 0 bridgehead atoms. The molecule has 0 saturated heterocycles. The summed E-state index contributed by atoms with van der Waals surface area (Å²) in [6.45, 7) is 11.6. The van der Waals surface area contributed by atoms with E-state index >= 15 is 0 Å². The van der Waals surface area contributed by atoms with Crippen molar-refractivity contribution < 1.29 is 24.2 Å². The molecule has 1 N–H and O–H groups in total. The van der Waals surface area contributed by atoms with Gasteiger partial charge in [-0.1, -0.05) is 30.2 Å². The van der Waals surface area contributed by atoms with Crippen LogP contribution in [0.15, 0.2) is 34.9 Å². The Bertz CT molecular complexity index is 582. The molecule has 5 nitrogen and oxygen atoms in total. The molecule has 0 heterocycles. The van der Waals surface area contributed by atoms with Gasteiger partial charge in [-0.05, 0) is 76.9 Å². The number of carbonyl (C=O) groups excluding carboxylic acids is 2. The van der Waals surface area contributed by atoms with Gasteiger partial charge in [0.2, 0.25) is 0 Å². The summed E-state index contributed by atoms with van der Waals surface area (Å²) in [5.74, 6) is -0.330. The predicted octanol–water partition coefficient (Wildman–Crippen LogP) is 5.29. The Labute approximate surface area is 176 Å². The molecule has 2 atom stereocenters. The number of hydrogen-bond donors (Lipinski definition) is 1. The first kappa shape index (κ1) is 27.1. The third kappa shape index (κ3) is 16.8. The molecule has 0 spiro atoms. The standard InChI is InChI=1S/C24H40O5/c1-18(2)13-14-24(27)20(4)10-8-12-23(17-29-22(6)26)11-7-9-19(3)15-16-28-21(5)25/h11,13,15,20,24,27H,7-10,12,14,16-17H2,1-6H3/b19-15+,23-11?/t20-,24+/m0/s1. The minimum Gasteiger partial charge on any atom is -0.462 e. The highest BCUT2D eigenvalue weighted by Gasteiger charge is 2.13. The molecule has 0 aliphatic carbocycles. The fourth-order valence-electron chi connectivity index (χ4n) is 2.77. The lowest BCUT2D eigenvalue weighted by molar-refractivity contribution is -0.140. The molecule has 0 fully saturated rings. The van der Waals surface area contributed by atoms with E-state index in [4.69, 9.17) is 9.47 Å². The number of aliphatic hydroxyl groups is 1. The van der Waals surface area contributed by atoms with Crippen LogP contribution in [0.4, 0.5) is 0 Å². The zero-order valence-corrected chi connectivity index (χ0v) is 19.1. The zero-order chi connectivity index (χ0) is 22.2. The molecule has 29 heavy (non-hydrogen) atoms. The van der Waals surface area contributed by atoms with Gasteiger partial charge in [-0.15, -0.1) is 0 Å². The van der Waals surface area contributed by atoms with Gasteiger partial charge in [0.05, 0.1) is 6.10 Å². The Morgan fingerprint density at radius 3 is 2.17 bits per heavy atom. The van der Waals surface area contributed by atoms with Crippen LogP contribution >= 0.6 is 0 Å². The van der Waals surface area contributed by atoms with Crippen molar-refractivity contribution in [2.24, 2.45) is 5.92 Å². The molecule has 5 heteroatoms. The van der Waals surface area contributed by atoms with E-state index in [1.165, 1.54) is 19.4 Å². The van der Waals surface area contributed by atoms with Crippen LogP contribution < -0.4 is 0 Å². The second-order valence-electron chi connectivity index (χ2n) is 7.99. The van der Waals surface area contributed by atoms with E-state index in [1.807, 2.05) is 26.8 Å². The molecule has 166 valence electrons. The fourth-order valence-corrected chi connectivity index (χ4v) is 2.77. The molecule has 0 unspecified atom stereocenters. The second kappa shape index (κ2) is 16.0. The lowest BCUT2D eigenvalue weighted by Gasteiger charge is -2.18. The maximum Gasteiger partial charge on any atom is 0.302 e. The number of carbonyl (C=O) groups is 2. The van der Waals surface area contributed by atoms with Crippen LogP contribution in [0.3, 0.4) is 0 Å². The Hall–Kier alpha value is -1.88. The van der Waals surface area contributed by atoms with Crippen LogP contribution in [0.5, 0.6) is 0 Å². The topological polar surface area (TPSA) is 72.8 Å². The van der Waals surface area contributed by atoms with Crippen molar-refractivity contribution in [2.45, 2.75) is 86.2 Å². The van der Waals surface area contributed by atoms with Crippen LogP contribution in [0.25, 0.3) is 0 Å². The van der Waals surface area contributed by atoms with Crippen molar-refractivity contribution in [2.75, 3.05) is 13.2 Å². The summed E-state index contributed by atoms with van der Waals surface area (Å²) < 4.78 is 10.1. The molecular formula is C24H40O5. The summed E-state index contributed by atoms with van der Waals surface area (Å²) in [4.78, 5) is 22.0. The van der Waals surface area contributed by atoms with Crippen LogP contribution in [0.1, 0.15) is 80.1 Å². The van der Waals surface area contributed by atoms with Gasteiger partial charge < -0.3 is 14.6 Å². The lowest BCUT2D eigenvalue weighted by Crippen LogP contribution is -2.17. The molecular weight excluding hydrogens is 368 g/mol. The van der Waals surface area contributed by atoms with E-state index in [1.54, 1.807) is 0 Å². The fraction of sp³-hybridized carbons (Fsp3) is 0.667. The van der Waals surface area contributed by atoms with E-state index in [0.717, 1.165) is 43.3 Å². The van der Waals surface area contributed by atoms with E-state index < -0.39 is 0 Å². The highest BCUT2D eigenvalue weighted by atomic mass is 16.5. The normalized spacial score (nSPS) is 14.2. The van der Waals surface area contributed by atoms with Crippen LogP contribution in [0, 0.1) is 5.92 Å². The number of allylic oxidation sites excluding steroid dienone is 3. The smallest absolute Gasteiger partial charge is 0.302 e. The maximum atomic E-state index is 11.2. The first-order chi connectivity index (χ1) is 13.6. The molecule has 0 aliphatic rings. The van der Waals surface area contributed by atoms with Crippen LogP contribution in [0.2, 0.25) is 0 Å². The number of rotatable bonds is 14. The molecule has 0 aromatic rings. The third-order valence-electron chi connectivity index (χ3n) is 4.73. The van der Waals surface area contributed by atoms with E-state index in [9.17, 15) is 14.7 Å². The van der Waals surface area contributed by atoms with Gasteiger partial charge >= 0.3 is 11.9 Å². The molecule has 0 rings (SSSR count). The highest BCUT2D eigenvalue weighted by Crippen LogP contribution is 2.19. The summed E-state index contributed by atoms with van der Waals surface area (Å²) in [7, 11) is 0. The summed E-state index contributed by atoms with van der Waals surface area (Å²) in [6, 6.07) is 0. The van der Waals surface area contributed by atoms with Crippen molar-refractivity contribution in [3.05, 3.63) is 34.9 Å². The Morgan fingerprint density at radius 2 is 1.59 bits per heavy atom. The van der Waals surface area contributed by atoms with Crippen LogP contribution in [-0.4, -0.2) is 36.4 Å². The van der Waals surface area contributed by atoms with Crippen molar-refractivity contribution in [1.29, 1.82) is 0 Å². The largest absolute Gasteiger partial charge is 0.462 e. The van der Waals surface area contributed by atoms with E-state index in [-0.39, 0.29) is 24.0 Å². The van der Waals surface area contributed by atoms with Gasteiger partial charge in [0, 0.05) is 13.8 Å². The lowest BCUT2D eigenvalue weighted by atomic mass is 9.94. The van der Waals surface area contributed by atoms with Gasteiger partial charge in [0.15, 0.2) is 0 Å². The van der Waals surface area contributed by atoms with E-state index in [2.05, 4.69) is 19.1 Å². The van der Waals surface area contributed by atoms with Crippen molar-refractivity contribution in [3.8, 4) is 0 Å². The van der Waals surface area contributed by atoms with Gasteiger partial charge in [-0.25, -0.2) is 0 Å². The molecule has 0 aliphatic heterocycles. The zero-order valence-electron chi connectivity index (χ0n) is 19.1. The molecule has 0 radical (unpaired) electrons. The third-order valence-corrected chi connectivity index (χ3v) is 4.73. The molecule has 0 aromatic heterocycles. The summed E-state index contributed by atoms with van der Waals surface area (Å²) >= 11 is 0. The average molecular weight is 409 g/mol. The van der Waals surface area contributed by atoms with Gasteiger partial charge in [0.1, 0.15) is 13.2 Å². The number of ether oxygens (including phenoxy) is 2. The van der Waals surface area contributed by atoms with Crippen molar-refractivity contribution >= 4 is 11.9 Å². The minimum absolute atomic E-state index is 0.229. The molecule has 0 saturated carbocycles. The monoisotopic (exact) mass is 408 g/mol. The number of esters is 2. The summed E-state index contributed by atoms with van der Waals surface area (Å²) in [6.07, 6.45) is 10.9. The van der Waals surface area contributed by atoms with Gasteiger partial charge in [-0.2, -0.15) is 0 Å². The maximum absolute atomic E-state index is 11.2.